The lowest BCUT2D eigenvalue weighted by molar-refractivity contribution is -0.0986. The van der Waals surface area contributed by atoms with E-state index in [1.165, 1.54) is 0 Å². The van der Waals surface area contributed by atoms with Crippen LogP contribution in [0.25, 0.3) is 0 Å². The number of epoxide rings is 2. The highest BCUT2D eigenvalue weighted by Gasteiger charge is 2.58. The molecule has 0 aliphatic carbocycles. The van der Waals surface area contributed by atoms with Crippen LogP contribution in [0.4, 0.5) is 0 Å². The van der Waals surface area contributed by atoms with Crippen LogP contribution in [0.2, 0.25) is 0 Å². The van der Waals surface area contributed by atoms with Crippen molar-refractivity contribution >= 4 is 23.2 Å². The van der Waals surface area contributed by atoms with Gasteiger partial charge in [0.2, 0.25) is 0 Å². The molecule has 0 spiro atoms. The molecule has 4 atom stereocenters. The SMILES string of the molecule is ClC(OC(Cl)(c1ccccc1)C1CO1)(c1ccccc1)C1CO1. The van der Waals surface area contributed by atoms with Crippen LogP contribution in [0.3, 0.4) is 0 Å². The van der Waals surface area contributed by atoms with Crippen LogP contribution in [0.5, 0.6) is 0 Å². The van der Waals surface area contributed by atoms with E-state index in [0.29, 0.717) is 13.2 Å². The second-order valence-corrected chi connectivity index (χ2v) is 6.89. The lowest BCUT2D eigenvalue weighted by Gasteiger charge is -2.36. The second-order valence-electron chi connectivity index (χ2n) is 5.77. The maximum absolute atomic E-state index is 6.88. The van der Waals surface area contributed by atoms with E-state index in [4.69, 9.17) is 37.4 Å². The summed E-state index contributed by atoms with van der Waals surface area (Å²) >= 11 is 13.8. The van der Waals surface area contributed by atoms with Crippen molar-refractivity contribution in [2.24, 2.45) is 0 Å². The third-order valence-corrected chi connectivity index (χ3v) is 5.20. The highest BCUT2D eigenvalue weighted by Crippen LogP contribution is 2.51. The van der Waals surface area contributed by atoms with E-state index in [0.717, 1.165) is 11.1 Å². The summed E-state index contributed by atoms with van der Waals surface area (Å²) in [6.07, 6.45) is -0.459. The number of ether oxygens (including phenoxy) is 3. The molecule has 0 N–H and O–H groups in total. The van der Waals surface area contributed by atoms with Gasteiger partial charge in [-0.2, -0.15) is 0 Å². The predicted octanol–water partition coefficient (Wildman–Crippen LogP) is 3.98. The number of benzene rings is 2. The summed E-state index contributed by atoms with van der Waals surface area (Å²) in [5.41, 5.74) is 1.65. The van der Waals surface area contributed by atoms with E-state index >= 15 is 0 Å². The molecular weight excluding hydrogens is 335 g/mol. The van der Waals surface area contributed by atoms with Gasteiger partial charge in [-0.15, -0.1) is 0 Å². The molecule has 0 amide bonds. The lowest BCUT2D eigenvalue weighted by atomic mass is 10.0. The first-order chi connectivity index (χ1) is 11.1. The van der Waals surface area contributed by atoms with Crippen LogP contribution in [-0.2, 0) is 24.3 Å². The van der Waals surface area contributed by atoms with Gasteiger partial charge in [0, 0.05) is 11.1 Å². The third kappa shape index (κ3) is 2.88. The molecular formula is C18H16Cl2O3. The van der Waals surface area contributed by atoms with Gasteiger partial charge < -0.3 is 14.2 Å². The minimum Gasteiger partial charge on any atom is -0.368 e. The fourth-order valence-corrected chi connectivity index (χ4v) is 3.48. The Hall–Kier alpha value is -1.10. The Morgan fingerprint density at radius 2 is 1.09 bits per heavy atom. The minimum atomic E-state index is -1.15. The van der Waals surface area contributed by atoms with Crippen LogP contribution >= 0.6 is 23.2 Å². The number of alkyl halides is 2. The zero-order chi connectivity index (χ0) is 15.9. The van der Waals surface area contributed by atoms with Crippen molar-refractivity contribution in [2.75, 3.05) is 13.2 Å². The molecule has 4 rings (SSSR count). The first kappa shape index (κ1) is 15.4. The largest absolute Gasteiger partial charge is 0.368 e. The Morgan fingerprint density at radius 1 is 0.739 bits per heavy atom. The molecule has 0 saturated carbocycles. The number of hydrogen-bond acceptors (Lipinski definition) is 3. The Bertz CT molecular complexity index is 614. The molecule has 2 aromatic rings. The van der Waals surface area contributed by atoms with Crippen LogP contribution < -0.4 is 0 Å². The Balaban J connectivity index is 1.73. The maximum Gasteiger partial charge on any atom is 0.198 e. The molecule has 0 radical (unpaired) electrons. The molecule has 5 heteroatoms. The van der Waals surface area contributed by atoms with Crippen LogP contribution in [0.1, 0.15) is 11.1 Å². The molecule has 2 aliphatic heterocycles. The van der Waals surface area contributed by atoms with Crippen molar-refractivity contribution in [1.29, 1.82) is 0 Å². The number of rotatable bonds is 6. The molecule has 0 aromatic heterocycles. The van der Waals surface area contributed by atoms with E-state index in [-0.39, 0.29) is 12.2 Å². The number of hydrogen-bond donors (Lipinski definition) is 0. The Kier molecular flexibility index (Phi) is 3.87. The van der Waals surface area contributed by atoms with Gasteiger partial charge in [0.15, 0.2) is 10.1 Å². The van der Waals surface area contributed by atoms with Crippen LogP contribution in [0, 0.1) is 0 Å². The first-order valence-electron chi connectivity index (χ1n) is 7.55. The van der Waals surface area contributed by atoms with Crippen molar-refractivity contribution in [3.8, 4) is 0 Å². The molecule has 23 heavy (non-hydrogen) atoms. The molecule has 120 valence electrons. The summed E-state index contributed by atoms with van der Waals surface area (Å²) in [7, 11) is 0. The highest BCUT2D eigenvalue weighted by molar-refractivity contribution is 6.26. The second kappa shape index (κ2) is 5.76. The van der Waals surface area contributed by atoms with Crippen molar-refractivity contribution in [1.82, 2.24) is 0 Å². The topological polar surface area (TPSA) is 34.3 Å². The van der Waals surface area contributed by atoms with E-state index in [9.17, 15) is 0 Å². The molecule has 2 fully saturated rings. The van der Waals surface area contributed by atoms with Crippen molar-refractivity contribution < 1.29 is 14.2 Å². The predicted molar refractivity (Wildman–Crippen MR) is 88.5 cm³/mol. The fourth-order valence-electron chi connectivity index (χ4n) is 2.69. The van der Waals surface area contributed by atoms with Crippen molar-refractivity contribution in [3.05, 3.63) is 71.8 Å². The molecule has 2 aromatic carbocycles. The average Bonchev–Trinajstić information content (AvgIpc) is 3.48. The van der Waals surface area contributed by atoms with Crippen LogP contribution in [-0.4, -0.2) is 25.4 Å². The summed E-state index contributed by atoms with van der Waals surface area (Å²) in [5.74, 6) is 0. The summed E-state index contributed by atoms with van der Waals surface area (Å²) in [6, 6.07) is 19.2. The summed E-state index contributed by atoms with van der Waals surface area (Å²) in [5, 5.41) is -2.30. The maximum atomic E-state index is 6.88. The summed E-state index contributed by atoms with van der Waals surface area (Å²) in [4.78, 5) is 0. The Labute approximate surface area is 145 Å². The molecule has 2 saturated heterocycles. The minimum absolute atomic E-state index is 0.229. The van der Waals surface area contributed by atoms with Gasteiger partial charge in [-0.3, -0.25) is 0 Å². The molecule has 2 aliphatic rings. The van der Waals surface area contributed by atoms with Gasteiger partial charge in [-0.05, 0) is 0 Å². The number of halogens is 2. The standard InChI is InChI=1S/C18H16Cl2O3/c19-17(15-11-21-15,13-7-3-1-4-8-13)23-18(20,16-12-22-16)14-9-5-2-6-10-14/h1-10,15-16H,11-12H2. The van der Waals surface area contributed by atoms with Crippen molar-refractivity contribution in [3.63, 3.8) is 0 Å². The Morgan fingerprint density at radius 3 is 1.39 bits per heavy atom. The lowest BCUT2D eigenvalue weighted by Crippen LogP contribution is -2.41. The van der Waals surface area contributed by atoms with Gasteiger partial charge in [-0.1, -0.05) is 83.9 Å². The zero-order valence-corrected chi connectivity index (χ0v) is 13.8. The highest BCUT2D eigenvalue weighted by atomic mass is 35.5. The molecule has 3 nitrogen and oxygen atoms in total. The zero-order valence-electron chi connectivity index (χ0n) is 12.3. The third-order valence-electron chi connectivity index (χ3n) is 4.13. The van der Waals surface area contributed by atoms with Gasteiger partial charge in [0.05, 0.1) is 13.2 Å². The molecule has 4 unspecified atom stereocenters. The smallest absolute Gasteiger partial charge is 0.198 e. The normalized spacial score (nSPS) is 27.7. The average molecular weight is 351 g/mol. The van der Waals surface area contributed by atoms with Gasteiger partial charge in [-0.25, -0.2) is 0 Å². The summed E-state index contributed by atoms with van der Waals surface area (Å²) in [6.45, 7) is 1.09. The van der Waals surface area contributed by atoms with E-state index in [1.807, 2.05) is 60.7 Å². The van der Waals surface area contributed by atoms with E-state index in [1.54, 1.807) is 0 Å². The fraction of sp³-hybridized carbons (Fsp3) is 0.333. The summed E-state index contributed by atoms with van der Waals surface area (Å²) < 4.78 is 17.2. The monoisotopic (exact) mass is 350 g/mol. The van der Waals surface area contributed by atoms with Crippen molar-refractivity contribution in [2.45, 2.75) is 22.3 Å². The van der Waals surface area contributed by atoms with Gasteiger partial charge in [0.25, 0.3) is 0 Å². The quantitative estimate of drug-likeness (QED) is 0.583. The van der Waals surface area contributed by atoms with Gasteiger partial charge in [0.1, 0.15) is 12.2 Å². The first-order valence-corrected chi connectivity index (χ1v) is 8.31. The molecule has 0 bridgehead atoms. The molecule has 2 heterocycles. The van der Waals surface area contributed by atoms with Gasteiger partial charge >= 0.3 is 0 Å². The van der Waals surface area contributed by atoms with Crippen LogP contribution in [0.15, 0.2) is 60.7 Å². The van der Waals surface area contributed by atoms with E-state index in [2.05, 4.69) is 0 Å². The van der Waals surface area contributed by atoms with E-state index < -0.39 is 10.1 Å².